The zero-order chi connectivity index (χ0) is 25.0. The maximum atomic E-state index is 13.0. The Morgan fingerprint density at radius 2 is 2.09 bits per heavy atom. The van der Waals surface area contributed by atoms with Gasteiger partial charge in [-0.1, -0.05) is 18.3 Å². The number of anilines is 2. The summed E-state index contributed by atoms with van der Waals surface area (Å²) in [6.45, 7) is 8.28. The van der Waals surface area contributed by atoms with E-state index in [1.165, 1.54) is 6.07 Å². The average molecular weight is 519 g/mol. The highest BCUT2D eigenvalue weighted by Crippen LogP contribution is 2.40. The van der Waals surface area contributed by atoms with Crippen molar-refractivity contribution in [3.8, 4) is 0 Å². The molecule has 34 heavy (non-hydrogen) atoms. The third-order valence-corrected chi connectivity index (χ3v) is 6.95. The smallest absolute Gasteiger partial charge is 0.457 e. The lowest BCUT2D eigenvalue weighted by Gasteiger charge is -2.36. The van der Waals surface area contributed by atoms with E-state index in [0.29, 0.717) is 19.4 Å². The van der Waals surface area contributed by atoms with E-state index in [9.17, 15) is 22.2 Å². The number of aryl methyl sites for hydroxylation is 1. The lowest BCUT2D eigenvalue weighted by Crippen LogP contribution is -2.37. The van der Waals surface area contributed by atoms with Crippen LogP contribution in [-0.4, -0.2) is 44.6 Å². The van der Waals surface area contributed by atoms with Crippen LogP contribution >= 0.6 is 11.3 Å². The number of aromatic nitrogens is 2. The molecule has 2 heterocycles. The summed E-state index contributed by atoms with van der Waals surface area (Å²) in [6, 6.07) is 3.35. The second-order valence-corrected chi connectivity index (χ2v) is 9.86. The molecule has 2 aromatic rings. The molecular weight excluding hydrogens is 493 g/mol. The summed E-state index contributed by atoms with van der Waals surface area (Å²) in [5, 5.41) is 15.5. The minimum atomic E-state index is -4.95. The van der Waals surface area contributed by atoms with Gasteiger partial charge in [0.2, 0.25) is 16.0 Å². The number of hydrogen-bond donors (Lipinski definition) is 1. The molecule has 0 aliphatic carbocycles. The molecule has 14 heteroatoms. The Morgan fingerprint density at radius 3 is 2.74 bits per heavy atom. The van der Waals surface area contributed by atoms with Crippen molar-refractivity contribution in [1.82, 2.24) is 10.2 Å². The number of halogens is 3. The molecule has 3 unspecified atom stereocenters. The number of esters is 1. The van der Waals surface area contributed by atoms with Crippen molar-refractivity contribution in [1.29, 1.82) is 0 Å². The third kappa shape index (κ3) is 6.09. The highest BCUT2D eigenvalue weighted by Gasteiger charge is 2.38. The van der Waals surface area contributed by atoms with Gasteiger partial charge in [0.05, 0.1) is 11.8 Å². The van der Waals surface area contributed by atoms with Gasteiger partial charge in [-0.25, -0.2) is 9.00 Å². The van der Waals surface area contributed by atoms with Gasteiger partial charge in [-0.2, -0.15) is 13.2 Å². The quantitative estimate of drug-likeness (QED) is 0.356. The van der Waals surface area contributed by atoms with Crippen molar-refractivity contribution in [2.75, 3.05) is 16.2 Å². The molecule has 1 aliphatic heterocycles. The van der Waals surface area contributed by atoms with Crippen LogP contribution in [0.15, 0.2) is 22.4 Å². The minimum Gasteiger partial charge on any atom is -0.457 e. The summed E-state index contributed by atoms with van der Waals surface area (Å²) in [7, 11) is -3.34. The zero-order valence-electron chi connectivity index (χ0n) is 19.0. The zero-order valence-corrected chi connectivity index (χ0v) is 20.7. The van der Waals surface area contributed by atoms with E-state index >= 15 is 0 Å². The van der Waals surface area contributed by atoms with Crippen LogP contribution in [0.2, 0.25) is 0 Å². The number of nitrogens with zero attached hydrogens (tertiary/aromatic N) is 5. The fourth-order valence-corrected chi connectivity index (χ4v) is 4.43. The number of fused-ring (bicyclic) bond motifs is 1. The number of alkyl halides is 3. The van der Waals surface area contributed by atoms with E-state index in [1.807, 2.05) is 25.5 Å². The van der Waals surface area contributed by atoms with Gasteiger partial charge in [0.1, 0.15) is 5.69 Å². The van der Waals surface area contributed by atoms with Gasteiger partial charge in [-0.05, 0) is 57.7 Å². The summed E-state index contributed by atoms with van der Waals surface area (Å²) in [4.78, 5) is 14.1. The summed E-state index contributed by atoms with van der Waals surface area (Å²) >= 11 is 0.844. The van der Waals surface area contributed by atoms with Crippen LogP contribution in [0.1, 0.15) is 55.9 Å². The van der Waals surface area contributed by atoms with Crippen LogP contribution in [0.4, 0.5) is 35.4 Å². The summed E-state index contributed by atoms with van der Waals surface area (Å²) < 4.78 is 57.9. The fraction of sp³-hybridized carbons (Fsp3) is 0.550. The number of ether oxygens (including phenoxy) is 1. The normalized spacial score (nSPS) is 18.0. The van der Waals surface area contributed by atoms with Gasteiger partial charge >= 0.3 is 11.5 Å². The first kappa shape index (κ1) is 26.0. The first-order valence-corrected chi connectivity index (χ1v) is 12.6. The topological polar surface area (TPSA) is 109 Å². The largest absolute Gasteiger partial charge is 0.490 e. The van der Waals surface area contributed by atoms with Crippen LogP contribution in [-0.2, 0) is 22.1 Å². The van der Waals surface area contributed by atoms with Gasteiger partial charge in [-0.3, -0.25) is 4.72 Å². The molecule has 1 aromatic heterocycles. The van der Waals surface area contributed by atoms with E-state index in [-0.39, 0.29) is 33.7 Å². The minimum absolute atomic E-state index is 0.0104. The van der Waals surface area contributed by atoms with Gasteiger partial charge in [0.15, 0.2) is 0 Å². The highest BCUT2D eigenvalue weighted by molar-refractivity contribution is 7.87. The van der Waals surface area contributed by atoms with Crippen molar-refractivity contribution >= 4 is 50.5 Å². The van der Waals surface area contributed by atoms with Crippen LogP contribution < -0.4 is 9.62 Å². The average Bonchev–Trinajstić information content (AvgIpc) is 3.26. The summed E-state index contributed by atoms with van der Waals surface area (Å²) in [6.07, 6.45) is 1.93. The van der Waals surface area contributed by atoms with Crippen LogP contribution in [0.5, 0.6) is 0 Å². The highest BCUT2D eigenvalue weighted by atomic mass is 32.2. The van der Waals surface area contributed by atoms with Crippen molar-refractivity contribution in [3.63, 3.8) is 0 Å². The second kappa shape index (κ2) is 10.8. The van der Waals surface area contributed by atoms with E-state index in [0.717, 1.165) is 29.0 Å². The third-order valence-electron chi connectivity index (χ3n) is 5.34. The first-order chi connectivity index (χ1) is 16.0. The molecule has 0 radical (unpaired) electrons. The number of carbonyl (C=O) groups is 1. The standard InChI is InChI=1S/C20H25F3N6O3S2/c1-5-12(4)32-18(30)17-25-27-19(33-17)26-24-14-9-13-8-7-11(3)29(6-2)16(13)10-15(14)28-34(31)20(21,22)23/h9-12,28H,5-8H2,1-4H3. The van der Waals surface area contributed by atoms with Crippen molar-refractivity contribution in [2.45, 2.75) is 64.6 Å². The van der Waals surface area contributed by atoms with E-state index in [4.69, 9.17) is 4.74 Å². The molecule has 0 fully saturated rings. The summed E-state index contributed by atoms with van der Waals surface area (Å²) in [5.74, 6) is -0.640. The Balaban J connectivity index is 1.93. The second-order valence-electron chi connectivity index (χ2n) is 7.70. The Morgan fingerprint density at radius 1 is 1.35 bits per heavy atom. The molecule has 0 saturated carbocycles. The molecular formula is C20H25F3N6O3S2. The van der Waals surface area contributed by atoms with Gasteiger partial charge < -0.3 is 9.64 Å². The van der Waals surface area contributed by atoms with Crippen LogP contribution in [0.3, 0.4) is 0 Å². The molecule has 9 nitrogen and oxygen atoms in total. The molecule has 1 aromatic carbocycles. The molecule has 3 rings (SSSR count). The molecule has 0 amide bonds. The number of rotatable bonds is 8. The Labute approximate surface area is 201 Å². The molecule has 0 saturated heterocycles. The van der Waals surface area contributed by atoms with Gasteiger partial charge in [0, 0.05) is 18.3 Å². The molecule has 186 valence electrons. The van der Waals surface area contributed by atoms with E-state index in [1.54, 1.807) is 13.0 Å². The number of nitrogens with one attached hydrogen (secondary N) is 1. The van der Waals surface area contributed by atoms with Crippen LogP contribution in [0.25, 0.3) is 0 Å². The molecule has 0 bridgehead atoms. The fourth-order valence-electron chi connectivity index (χ4n) is 3.40. The lowest BCUT2D eigenvalue weighted by molar-refractivity contribution is -0.0379. The lowest BCUT2D eigenvalue weighted by atomic mass is 9.95. The number of azo groups is 1. The Kier molecular flexibility index (Phi) is 8.23. The van der Waals surface area contributed by atoms with Crippen molar-refractivity contribution in [2.24, 2.45) is 10.2 Å². The van der Waals surface area contributed by atoms with Crippen molar-refractivity contribution in [3.05, 3.63) is 22.7 Å². The SMILES string of the molecule is CCC(C)OC(=O)c1nnc(N=Nc2cc3c(cc2NS(=O)C(F)(F)F)N(CC)C(C)CC3)s1. The van der Waals surface area contributed by atoms with Crippen LogP contribution in [0, 0.1) is 0 Å². The number of hydrogen-bond acceptors (Lipinski definition) is 9. The number of benzene rings is 1. The molecule has 0 spiro atoms. The molecule has 1 aliphatic rings. The van der Waals surface area contributed by atoms with Gasteiger partial charge in [-0.15, -0.1) is 20.4 Å². The van der Waals surface area contributed by atoms with E-state index < -0.39 is 22.5 Å². The van der Waals surface area contributed by atoms with E-state index in [2.05, 4.69) is 25.3 Å². The first-order valence-electron chi connectivity index (χ1n) is 10.7. The Hall–Kier alpha value is -2.61. The predicted octanol–water partition coefficient (Wildman–Crippen LogP) is 5.67. The predicted molar refractivity (Wildman–Crippen MR) is 124 cm³/mol. The van der Waals surface area contributed by atoms with Gasteiger partial charge in [0.25, 0.3) is 5.13 Å². The Bertz CT molecular complexity index is 1090. The maximum Gasteiger partial charge on any atom is 0.490 e. The maximum absolute atomic E-state index is 13.0. The summed E-state index contributed by atoms with van der Waals surface area (Å²) in [5.41, 5.74) is -3.31. The number of carbonyl (C=O) groups excluding carboxylic acids is 1. The molecule has 3 atom stereocenters. The molecule has 1 N–H and O–H groups in total. The van der Waals surface area contributed by atoms with Crippen molar-refractivity contribution < 1.29 is 26.9 Å². The monoisotopic (exact) mass is 518 g/mol.